The highest BCUT2D eigenvalue weighted by atomic mass is 35.5. The van der Waals surface area contributed by atoms with Gasteiger partial charge in [0.2, 0.25) is 0 Å². The van der Waals surface area contributed by atoms with E-state index in [-0.39, 0.29) is 16.8 Å². The highest BCUT2D eigenvalue weighted by Gasteiger charge is 2.16. The second-order valence-electron chi connectivity index (χ2n) is 3.54. The first-order valence-electron chi connectivity index (χ1n) is 5.21. The van der Waals surface area contributed by atoms with Crippen LogP contribution in [0.5, 0.6) is 0 Å². The number of anilines is 1. The highest BCUT2D eigenvalue weighted by molar-refractivity contribution is 6.33. The molecule has 0 aliphatic heterocycles. The fourth-order valence-electron chi connectivity index (χ4n) is 1.50. The van der Waals surface area contributed by atoms with Crippen molar-refractivity contribution in [3.63, 3.8) is 0 Å². The molecule has 8 nitrogen and oxygen atoms in total. The van der Waals surface area contributed by atoms with Crippen LogP contribution in [0.15, 0.2) is 24.3 Å². The molecular weight excluding hydrogens is 270 g/mol. The summed E-state index contributed by atoms with van der Waals surface area (Å²) in [6, 6.07) is 7.11. The summed E-state index contributed by atoms with van der Waals surface area (Å²) in [5, 5.41) is 15.2. The third-order valence-corrected chi connectivity index (χ3v) is 2.58. The topological polar surface area (TPSA) is 109 Å². The van der Waals surface area contributed by atoms with Crippen molar-refractivity contribution in [2.24, 2.45) is 0 Å². The lowest BCUT2D eigenvalue weighted by molar-refractivity contribution is 0.102. The molecule has 1 amide bonds. The minimum absolute atomic E-state index is 0.00478. The number of hydrogen-bond acceptors (Lipinski definition) is 6. The van der Waals surface area contributed by atoms with E-state index in [2.05, 4.69) is 35.9 Å². The molecule has 2 N–H and O–H groups in total. The van der Waals surface area contributed by atoms with Crippen LogP contribution in [0, 0.1) is 0 Å². The summed E-state index contributed by atoms with van der Waals surface area (Å²) in [6.45, 7) is 0. The van der Waals surface area contributed by atoms with Crippen LogP contribution in [-0.4, -0.2) is 36.5 Å². The molecule has 0 unspecified atom stereocenters. The summed E-state index contributed by atoms with van der Waals surface area (Å²) in [5.74, 6) is -0.513. The molecule has 94 valence electrons. The van der Waals surface area contributed by atoms with Gasteiger partial charge in [0.05, 0.1) is 11.0 Å². The number of carbonyl (C=O) groups excluding carboxylic acids is 1. The maximum absolute atomic E-state index is 12.0. The summed E-state index contributed by atoms with van der Waals surface area (Å²) < 4.78 is 0. The predicted octanol–water partition coefficient (Wildman–Crippen LogP) is 1.05. The number of H-pyrrole nitrogens is 1. The average molecular weight is 276 g/mol. The lowest BCUT2D eigenvalue weighted by atomic mass is 10.3. The van der Waals surface area contributed by atoms with Crippen molar-refractivity contribution in [1.29, 1.82) is 0 Å². The van der Waals surface area contributed by atoms with Gasteiger partial charge in [0.1, 0.15) is 0 Å². The second kappa shape index (κ2) is 4.58. The zero-order valence-electron chi connectivity index (χ0n) is 9.33. The second-order valence-corrected chi connectivity index (χ2v) is 3.90. The van der Waals surface area contributed by atoms with Crippen LogP contribution < -0.4 is 5.32 Å². The number of aromatic nitrogens is 6. The number of nitrogens with one attached hydrogen (secondary N) is 2. The van der Waals surface area contributed by atoms with Gasteiger partial charge in [0.15, 0.2) is 10.8 Å². The Kier molecular flexibility index (Phi) is 2.76. The van der Waals surface area contributed by atoms with E-state index in [0.717, 1.165) is 0 Å². The molecule has 19 heavy (non-hydrogen) atoms. The molecule has 2 aromatic heterocycles. The van der Waals surface area contributed by atoms with Gasteiger partial charge in [0.25, 0.3) is 11.9 Å². The Morgan fingerprint density at radius 3 is 2.63 bits per heavy atom. The lowest BCUT2D eigenvalue weighted by Gasteiger charge is -2.03. The van der Waals surface area contributed by atoms with Crippen LogP contribution in [0.25, 0.3) is 11.0 Å². The summed E-state index contributed by atoms with van der Waals surface area (Å²) in [4.78, 5) is 20.2. The minimum atomic E-state index is -0.551. The van der Waals surface area contributed by atoms with Gasteiger partial charge in [-0.15, -0.1) is 5.10 Å². The van der Waals surface area contributed by atoms with Crippen LogP contribution in [-0.2, 0) is 0 Å². The van der Waals surface area contributed by atoms with Crippen molar-refractivity contribution >= 4 is 34.5 Å². The largest absolute Gasteiger partial charge is 0.286 e. The van der Waals surface area contributed by atoms with Crippen LogP contribution >= 0.6 is 11.6 Å². The molecule has 0 fully saturated rings. The van der Waals surface area contributed by atoms with Crippen molar-refractivity contribution in [1.82, 2.24) is 30.6 Å². The van der Waals surface area contributed by atoms with E-state index < -0.39 is 5.91 Å². The van der Waals surface area contributed by atoms with E-state index in [4.69, 9.17) is 11.6 Å². The zero-order valence-corrected chi connectivity index (χ0v) is 10.1. The number of benzene rings is 1. The number of hydrogen-bond donors (Lipinski definition) is 2. The maximum atomic E-state index is 12.0. The summed E-state index contributed by atoms with van der Waals surface area (Å²) in [6.07, 6.45) is 0. The number of halogens is 1. The summed E-state index contributed by atoms with van der Waals surface area (Å²) in [5.41, 5.74) is 1.19. The minimum Gasteiger partial charge on any atom is -0.286 e. The molecule has 3 aromatic rings. The monoisotopic (exact) mass is 275 g/mol. The first kappa shape index (κ1) is 11.5. The quantitative estimate of drug-likeness (QED) is 0.723. The smallest absolute Gasteiger partial charge is 0.279 e. The lowest BCUT2D eigenvalue weighted by Crippen LogP contribution is -2.16. The van der Waals surface area contributed by atoms with Crippen molar-refractivity contribution < 1.29 is 4.79 Å². The number of carbonyl (C=O) groups is 1. The summed E-state index contributed by atoms with van der Waals surface area (Å²) >= 11 is 5.94. The molecule has 0 atom stereocenters. The van der Waals surface area contributed by atoms with Crippen LogP contribution in [0.3, 0.4) is 0 Å². The fraction of sp³-hybridized carbons (Fsp3) is 0. The number of rotatable bonds is 2. The number of amides is 1. The maximum Gasteiger partial charge on any atom is 0.279 e. The number of fused-ring (bicyclic) bond motifs is 1. The third-order valence-electron chi connectivity index (χ3n) is 2.31. The Morgan fingerprint density at radius 2 is 1.95 bits per heavy atom. The summed E-state index contributed by atoms with van der Waals surface area (Å²) in [7, 11) is 0. The Hall–Kier alpha value is -2.61. The Labute approximate surface area is 111 Å². The molecule has 2 heterocycles. The van der Waals surface area contributed by atoms with Gasteiger partial charge in [0, 0.05) is 0 Å². The third kappa shape index (κ3) is 2.20. The van der Waals surface area contributed by atoms with Gasteiger partial charge in [-0.2, -0.15) is 5.21 Å². The first-order chi connectivity index (χ1) is 9.24. The van der Waals surface area contributed by atoms with E-state index in [1.165, 1.54) is 0 Å². The van der Waals surface area contributed by atoms with Crippen molar-refractivity contribution in [3.05, 3.63) is 35.1 Å². The predicted molar refractivity (Wildman–Crippen MR) is 66.7 cm³/mol. The molecule has 0 aliphatic carbocycles. The molecule has 0 spiro atoms. The highest BCUT2D eigenvalue weighted by Crippen LogP contribution is 2.17. The Balaban J connectivity index is 1.99. The number of para-hydroxylation sites is 2. The number of tetrazole rings is 1. The fourth-order valence-corrected chi connectivity index (χ4v) is 1.72. The standard InChI is InChI=1S/C10H6ClN7O/c11-8-7(9(19)14-10-15-17-18-16-10)12-5-3-1-2-4-6(5)13-8/h1-4H,(H2,14,15,16,17,18,19). The van der Waals surface area contributed by atoms with E-state index in [9.17, 15) is 4.79 Å². The zero-order chi connectivity index (χ0) is 13.2. The normalized spacial score (nSPS) is 10.6. The van der Waals surface area contributed by atoms with E-state index in [1.54, 1.807) is 18.2 Å². The number of aromatic amines is 1. The average Bonchev–Trinajstić information content (AvgIpc) is 2.90. The van der Waals surface area contributed by atoms with Crippen LogP contribution in [0.2, 0.25) is 5.15 Å². The Bertz CT molecular complexity index is 743. The Morgan fingerprint density at radius 1 is 1.21 bits per heavy atom. The van der Waals surface area contributed by atoms with E-state index >= 15 is 0 Å². The van der Waals surface area contributed by atoms with Crippen molar-refractivity contribution in [2.75, 3.05) is 5.32 Å². The molecule has 0 radical (unpaired) electrons. The van der Waals surface area contributed by atoms with Gasteiger partial charge in [-0.1, -0.05) is 28.8 Å². The van der Waals surface area contributed by atoms with Gasteiger partial charge >= 0.3 is 0 Å². The van der Waals surface area contributed by atoms with Crippen LogP contribution in [0.1, 0.15) is 10.5 Å². The molecule has 1 aromatic carbocycles. The molecule has 9 heteroatoms. The van der Waals surface area contributed by atoms with E-state index in [0.29, 0.717) is 11.0 Å². The first-order valence-corrected chi connectivity index (χ1v) is 5.59. The molecule has 0 saturated carbocycles. The van der Waals surface area contributed by atoms with Gasteiger partial charge in [-0.05, 0) is 17.3 Å². The van der Waals surface area contributed by atoms with Gasteiger partial charge in [-0.25, -0.2) is 9.97 Å². The molecule has 0 saturated heterocycles. The van der Waals surface area contributed by atoms with Crippen molar-refractivity contribution in [3.8, 4) is 0 Å². The van der Waals surface area contributed by atoms with Gasteiger partial charge in [-0.3, -0.25) is 10.1 Å². The molecular formula is C10H6ClN7O. The molecule has 3 rings (SSSR count). The SMILES string of the molecule is O=C(Nc1nn[nH]n1)c1nc2ccccc2nc1Cl. The van der Waals surface area contributed by atoms with E-state index in [1.807, 2.05) is 6.07 Å². The van der Waals surface area contributed by atoms with Gasteiger partial charge < -0.3 is 0 Å². The molecule has 0 aliphatic rings. The van der Waals surface area contributed by atoms with Crippen LogP contribution in [0.4, 0.5) is 5.95 Å². The van der Waals surface area contributed by atoms with Crippen molar-refractivity contribution in [2.45, 2.75) is 0 Å². The molecule has 0 bridgehead atoms. The number of nitrogens with zero attached hydrogens (tertiary/aromatic N) is 5.